The Morgan fingerprint density at radius 1 is 1.09 bits per heavy atom. The topological polar surface area (TPSA) is 45.2 Å². The zero-order valence-electron chi connectivity index (χ0n) is 19.6. The Labute approximate surface area is 188 Å². The summed E-state index contributed by atoms with van der Waals surface area (Å²) in [6.45, 7) is 13.0. The van der Waals surface area contributed by atoms with Gasteiger partial charge in [0.2, 0.25) is 0 Å². The van der Waals surface area contributed by atoms with E-state index in [-0.39, 0.29) is 12.1 Å². The number of benzene rings is 1. The maximum absolute atomic E-state index is 13.9. The molecule has 2 aliphatic heterocycles. The molecule has 0 aromatic heterocycles. The first-order chi connectivity index (χ1) is 14.8. The highest BCUT2D eigenvalue weighted by atomic mass is 19.4. The lowest BCUT2D eigenvalue weighted by atomic mass is 9.97. The highest BCUT2D eigenvalue weighted by Crippen LogP contribution is 2.36. The number of morpholine rings is 1. The van der Waals surface area contributed by atoms with Crippen LogP contribution >= 0.6 is 0 Å². The summed E-state index contributed by atoms with van der Waals surface area (Å²) in [6.07, 6.45) is -4.83. The molecule has 0 N–H and O–H groups in total. The van der Waals surface area contributed by atoms with Crippen LogP contribution in [0.25, 0.3) is 0 Å². The molecule has 2 heterocycles. The standard InChI is InChI=1S/C23H34F3N3O3/c1-21(2,3)32-20(30)29-9-8-27(16-22(29,4)5)15-17-6-7-18(14-19(17)23(24,25)26)28-10-12-31-13-11-28/h6-7,14H,8-13,15-16H2,1-5H3. The second-order valence-corrected chi connectivity index (χ2v) is 10.1. The van der Waals surface area contributed by atoms with E-state index in [9.17, 15) is 18.0 Å². The van der Waals surface area contributed by atoms with Crippen molar-refractivity contribution in [2.75, 3.05) is 50.8 Å². The molecule has 2 aliphatic rings. The average Bonchev–Trinajstić information content (AvgIpc) is 2.66. The summed E-state index contributed by atoms with van der Waals surface area (Å²) in [5.41, 5.74) is -0.953. The van der Waals surface area contributed by atoms with Crippen LogP contribution in [0.4, 0.5) is 23.7 Å². The number of anilines is 1. The predicted molar refractivity (Wildman–Crippen MR) is 117 cm³/mol. The van der Waals surface area contributed by atoms with E-state index in [1.54, 1.807) is 17.0 Å². The van der Waals surface area contributed by atoms with E-state index >= 15 is 0 Å². The van der Waals surface area contributed by atoms with Crippen LogP contribution in [0.2, 0.25) is 0 Å². The molecule has 6 nitrogen and oxygen atoms in total. The minimum Gasteiger partial charge on any atom is -0.444 e. The average molecular weight is 458 g/mol. The Kier molecular flexibility index (Phi) is 7.00. The van der Waals surface area contributed by atoms with Gasteiger partial charge in [0.05, 0.1) is 24.3 Å². The van der Waals surface area contributed by atoms with E-state index in [0.29, 0.717) is 51.6 Å². The molecule has 0 saturated carbocycles. The monoisotopic (exact) mass is 457 g/mol. The number of amides is 1. The van der Waals surface area contributed by atoms with Crippen molar-refractivity contribution in [3.05, 3.63) is 29.3 Å². The number of piperazine rings is 1. The van der Waals surface area contributed by atoms with Gasteiger partial charge in [-0.15, -0.1) is 0 Å². The number of rotatable bonds is 3. The maximum atomic E-state index is 13.9. The van der Waals surface area contributed by atoms with Crippen LogP contribution in [0.15, 0.2) is 18.2 Å². The molecule has 0 atom stereocenters. The van der Waals surface area contributed by atoms with Gasteiger partial charge in [0.15, 0.2) is 0 Å². The molecule has 1 aromatic carbocycles. The number of carbonyl (C=O) groups excluding carboxylic acids is 1. The van der Waals surface area contributed by atoms with Crippen molar-refractivity contribution in [2.45, 2.75) is 58.5 Å². The van der Waals surface area contributed by atoms with Gasteiger partial charge in [0.1, 0.15) is 5.60 Å². The van der Waals surface area contributed by atoms with Crippen molar-refractivity contribution in [1.82, 2.24) is 9.80 Å². The van der Waals surface area contributed by atoms with Gasteiger partial charge in [0.25, 0.3) is 0 Å². The molecule has 1 aromatic rings. The van der Waals surface area contributed by atoms with E-state index in [1.807, 2.05) is 44.4 Å². The third-order valence-electron chi connectivity index (χ3n) is 5.76. The van der Waals surface area contributed by atoms with Crippen molar-refractivity contribution < 1.29 is 27.4 Å². The van der Waals surface area contributed by atoms with E-state index in [1.165, 1.54) is 6.07 Å². The van der Waals surface area contributed by atoms with E-state index in [4.69, 9.17) is 9.47 Å². The number of ether oxygens (including phenoxy) is 2. The first-order valence-corrected chi connectivity index (χ1v) is 11.0. The Hall–Kier alpha value is -2.00. The van der Waals surface area contributed by atoms with Crippen LogP contribution in [0, 0.1) is 0 Å². The number of alkyl halides is 3. The first-order valence-electron chi connectivity index (χ1n) is 11.0. The fourth-order valence-electron chi connectivity index (χ4n) is 4.27. The number of carbonyl (C=O) groups is 1. The molecule has 1 amide bonds. The highest BCUT2D eigenvalue weighted by molar-refractivity contribution is 5.69. The van der Waals surface area contributed by atoms with Crippen molar-refractivity contribution in [3.63, 3.8) is 0 Å². The molecule has 32 heavy (non-hydrogen) atoms. The van der Waals surface area contributed by atoms with Gasteiger partial charge in [-0.05, 0) is 52.3 Å². The quantitative estimate of drug-likeness (QED) is 0.675. The van der Waals surface area contributed by atoms with Gasteiger partial charge in [0, 0.05) is 45.0 Å². The second kappa shape index (κ2) is 9.09. The van der Waals surface area contributed by atoms with Crippen LogP contribution in [-0.2, 0) is 22.2 Å². The first kappa shape index (κ1) is 24.6. The molecular formula is C23H34F3N3O3. The largest absolute Gasteiger partial charge is 0.444 e. The van der Waals surface area contributed by atoms with Gasteiger partial charge in [-0.25, -0.2) is 4.79 Å². The third kappa shape index (κ3) is 6.07. The van der Waals surface area contributed by atoms with Crippen LogP contribution in [0.1, 0.15) is 45.7 Å². The highest BCUT2D eigenvalue weighted by Gasteiger charge is 2.40. The zero-order valence-corrected chi connectivity index (χ0v) is 19.6. The molecule has 2 fully saturated rings. The number of halogens is 3. The summed E-state index contributed by atoms with van der Waals surface area (Å²) in [5, 5.41) is 0. The van der Waals surface area contributed by atoms with Crippen molar-refractivity contribution in [1.29, 1.82) is 0 Å². The third-order valence-corrected chi connectivity index (χ3v) is 5.76. The van der Waals surface area contributed by atoms with Gasteiger partial charge in [-0.3, -0.25) is 4.90 Å². The van der Waals surface area contributed by atoms with Crippen LogP contribution in [0.3, 0.4) is 0 Å². The molecule has 180 valence electrons. The summed E-state index contributed by atoms with van der Waals surface area (Å²) in [7, 11) is 0. The minimum absolute atomic E-state index is 0.170. The molecule has 9 heteroatoms. The van der Waals surface area contributed by atoms with Crippen LogP contribution in [0.5, 0.6) is 0 Å². The normalized spacial score (nSPS) is 20.4. The number of hydrogen-bond donors (Lipinski definition) is 0. The summed E-state index contributed by atoms with van der Waals surface area (Å²) < 4.78 is 52.5. The Morgan fingerprint density at radius 2 is 1.75 bits per heavy atom. The fraction of sp³-hybridized carbons (Fsp3) is 0.696. The van der Waals surface area contributed by atoms with Gasteiger partial charge >= 0.3 is 12.3 Å². The van der Waals surface area contributed by atoms with Crippen LogP contribution < -0.4 is 4.90 Å². The molecule has 0 spiro atoms. The smallest absolute Gasteiger partial charge is 0.416 e. The van der Waals surface area contributed by atoms with E-state index < -0.39 is 29.0 Å². The maximum Gasteiger partial charge on any atom is 0.416 e. The van der Waals surface area contributed by atoms with Gasteiger partial charge < -0.3 is 19.3 Å². The molecule has 0 unspecified atom stereocenters. The Balaban J connectivity index is 1.75. The SMILES string of the molecule is CC(C)(C)OC(=O)N1CCN(Cc2ccc(N3CCOCC3)cc2C(F)(F)F)CC1(C)C. The lowest BCUT2D eigenvalue weighted by Gasteiger charge is -2.47. The number of nitrogens with zero attached hydrogens (tertiary/aromatic N) is 3. The number of hydrogen-bond acceptors (Lipinski definition) is 5. The van der Waals surface area contributed by atoms with Crippen molar-refractivity contribution >= 4 is 11.8 Å². The fourth-order valence-corrected chi connectivity index (χ4v) is 4.27. The molecule has 2 saturated heterocycles. The van der Waals surface area contributed by atoms with E-state index in [2.05, 4.69) is 0 Å². The molecular weight excluding hydrogens is 423 g/mol. The van der Waals surface area contributed by atoms with Crippen molar-refractivity contribution in [2.24, 2.45) is 0 Å². The Bertz CT molecular complexity index is 815. The molecule has 0 aliphatic carbocycles. The Morgan fingerprint density at radius 3 is 2.31 bits per heavy atom. The lowest BCUT2D eigenvalue weighted by molar-refractivity contribution is -0.138. The summed E-state index contributed by atoms with van der Waals surface area (Å²) >= 11 is 0. The van der Waals surface area contributed by atoms with Gasteiger partial charge in [-0.2, -0.15) is 13.2 Å². The second-order valence-electron chi connectivity index (χ2n) is 10.1. The summed E-state index contributed by atoms with van der Waals surface area (Å²) in [4.78, 5) is 18.2. The zero-order chi connectivity index (χ0) is 23.7. The van der Waals surface area contributed by atoms with E-state index in [0.717, 1.165) is 0 Å². The summed E-state index contributed by atoms with van der Waals surface area (Å²) in [6, 6.07) is 4.60. The van der Waals surface area contributed by atoms with Crippen molar-refractivity contribution in [3.8, 4) is 0 Å². The molecule has 3 rings (SSSR count). The molecule has 0 radical (unpaired) electrons. The lowest BCUT2D eigenvalue weighted by Crippen LogP contribution is -2.61. The minimum atomic E-state index is -4.44. The predicted octanol–water partition coefficient (Wildman–Crippen LogP) is 4.37. The van der Waals surface area contributed by atoms with Gasteiger partial charge in [-0.1, -0.05) is 6.07 Å². The van der Waals surface area contributed by atoms with Crippen LogP contribution in [-0.4, -0.2) is 73.0 Å². The molecule has 0 bridgehead atoms. The summed E-state index contributed by atoms with van der Waals surface area (Å²) in [5.74, 6) is 0.